The van der Waals surface area contributed by atoms with Gasteiger partial charge in [0, 0.05) is 46.1 Å². The van der Waals surface area contributed by atoms with Crippen LogP contribution in [0, 0.1) is 13.8 Å². The molecule has 7 aromatic carbocycles. The summed E-state index contributed by atoms with van der Waals surface area (Å²) in [5.41, 5.74) is 22.9. The van der Waals surface area contributed by atoms with Crippen molar-refractivity contribution in [3.8, 4) is 67.2 Å². The highest BCUT2D eigenvalue weighted by molar-refractivity contribution is 6.06. The van der Waals surface area contributed by atoms with Crippen LogP contribution in [0.1, 0.15) is 33.4 Å². The molecule has 0 saturated carbocycles. The average Bonchev–Trinajstić information content (AvgIpc) is 3.76. The molecule has 4 aromatic heterocycles. The van der Waals surface area contributed by atoms with Gasteiger partial charge in [-0.1, -0.05) is 146 Å². The van der Waals surface area contributed by atoms with Crippen LogP contribution in [0.15, 0.2) is 217 Å². The fraction of sp³-hybridized carbons (Fsp3) is 0.0952. The van der Waals surface area contributed by atoms with Crippen LogP contribution in [-0.4, -0.2) is 15.0 Å². The van der Waals surface area contributed by atoms with Gasteiger partial charge >= 0.3 is 0 Å². The molecule has 0 aliphatic carbocycles. The zero-order valence-corrected chi connectivity index (χ0v) is 37.8. The summed E-state index contributed by atoms with van der Waals surface area (Å²) in [7, 11) is 0. The van der Waals surface area contributed by atoms with Gasteiger partial charge < -0.3 is 4.42 Å². The Morgan fingerprint density at radius 1 is 0.328 bits per heavy atom. The number of rotatable bonds is 12. The Morgan fingerprint density at radius 3 is 1.54 bits per heavy atom. The third kappa shape index (κ3) is 9.07. The van der Waals surface area contributed by atoms with Crippen molar-refractivity contribution in [2.75, 3.05) is 0 Å². The van der Waals surface area contributed by atoms with E-state index < -0.39 is 0 Å². The molecule has 0 unspecified atom stereocenters. The molecule has 322 valence electrons. The molecule has 0 fully saturated rings. The predicted octanol–water partition coefficient (Wildman–Crippen LogP) is 16.0. The summed E-state index contributed by atoms with van der Waals surface area (Å²) in [4.78, 5) is 14.1. The maximum atomic E-state index is 6.22. The minimum Gasteiger partial charge on any atom is -0.456 e. The molecule has 0 aliphatic rings. The molecule has 4 heterocycles. The summed E-state index contributed by atoms with van der Waals surface area (Å²) >= 11 is 0. The first-order chi connectivity index (χ1) is 33.0. The van der Waals surface area contributed by atoms with E-state index in [0.717, 1.165) is 92.5 Å². The summed E-state index contributed by atoms with van der Waals surface area (Å²) in [6.45, 7) is 4.18. The first-order valence-corrected chi connectivity index (χ1v) is 23.2. The Labute approximate surface area is 392 Å². The van der Waals surface area contributed by atoms with Crippen molar-refractivity contribution in [2.45, 2.75) is 39.5 Å². The molecule has 67 heavy (non-hydrogen) atoms. The van der Waals surface area contributed by atoms with Gasteiger partial charge in [-0.25, -0.2) is 0 Å². The second-order valence-electron chi connectivity index (χ2n) is 17.7. The summed E-state index contributed by atoms with van der Waals surface area (Å²) in [5.74, 6) is 0. The average molecular weight is 864 g/mol. The lowest BCUT2D eigenvalue weighted by Gasteiger charge is -2.15. The smallest absolute Gasteiger partial charge is 0.136 e. The SMILES string of the molecule is Cc1ccc(-c2ccc(CCc3cc(CCc4ccc(-c5cc(C)ccn5)cc4)cc(-c4ccccc4-c4ccc(-c5cc(-c6ccc7c(c6)oc6ccccc67)ccn5)cc4)c3)cc2)nc1. The summed E-state index contributed by atoms with van der Waals surface area (Å²) in [6.07, 6.45) is 9.50. The quantitative estimate of drug-likeness (QED) is 0.123. The number of furan rings is 1. The Kier molecular flexibility index (Phi) is 11.4. The van der Waals surface area contributed by atoms with Crippen molar-refractivity contribution in [1.82, 2.24) is 15.0 Å². The van der Waals surface area contributed by atoms with Crippen LogP contribution in [-0.2, 0) is 25.7 Å². The number of para-hydroxylation sites is 1. The molecular formula is C63H49N3O. The molecule has 4 heteroatoms. The molecule has 0 atom stereocenters. The van der Waals surface area contributed by atoms with Crippen molar-refractivity contribution in [2.24, 2.45) is 0 Å². The van der Waals surface area contributed by atoms with Gasteiger partial charge in [0.05, 0.1) is 17.1 Å². The molecule has 0 N–H and O–H groups in total. The van der Waals surface area contributed by atoms with Crippen LogP contribution in [0.3, 0.4) is 0 Å². The number of pyridine rings is 3. The molecule has 0 aliphatic heterocycles. The van der Waals surface area contributed by atoms with Crippen molar-refractivity contribution in [1.29, 1.82) is 0 Å². The number of hydrogen-bond acceptors (Lipinski definition) is 4. The Bertz CT molecular complexity index is 3510. The van der Waals surface area contributed by atoms with Crippen molar-refractivity contribution in [3.63, 3.8) is 0 Å². The van der Waals surface area contributed by atoms with E-state index in [1.807, 2.05) is 36.8 Å². The predicted molar refractivity (Wildman–Crippen MR) is 277 cm³/mol. The first-order valence-electron chi connectivity index (χ1n) is 23.2. The largest absolute Gasteiger partial charge is 0.456 e. The van der Waals surface area contributed by atoms with Crippen LogP contribution in [0.2, 0.25) is 0 Å². The van der Waals surface area contributed by atoms with E-state index in [1.54, 1.807) is 0 Å². The Balaban J connectivity index is 0.867. The van der Waals surface area contributed by atoms with Crippen molar-refractivity contribution >= 4 is 21.9 Å². The third-order valence-corrected chi connectivity index (χ3v) is 13.0. The molecule has 11 aromatic rings. The monoisotopic (exact) mass is 863 g/mol. The lowest BCUT2D eigenvalue weighted by atomic mass is 9.90. The zero-order valence-electron chi connectivity index (χ0n) is 37.8. The molecule has 4 nitrogen and oxygen atoms in total. The number of fused-ring (bicyclic) bond motifs is 3. The van der Waals surface area contributed by atoms with Crippen LogP contribution < -0.4 is 0 Å². The minimum atomic E-state index is 0.890. The van der Waals surface area contributed by atoms with Gasteiger partial charge in [-0.15, -0.1) is 0 Å². The van der Waals surface area contributed by atoms with Crippen LogP contribution >= 0.6 is 0 Å². The van der Waals surface area contributed by atoms with E-state index in [0.29, 0.717) is 0 Å². The molecule has 0 radical (unpaired) electrons. The van der Waals surface area contributed by atoms with Gasteiger partial charge in [0.25, 0.3) is 0 Å². The number of nitrogens with zero attached hydrogens (tertiary/aromatic N) is 3. The van der Waals surface area contributed by atoms with Gasteiger partial charge in [0.1, 0.15) is 11.2 Å². The normalized spacial score (nSPS) is 11.4. The first kappa shape index (κ1) is 41.5. The van der Waals surface area contributed by atoms with E-state index in [9.17, 15) is 0 Å². The summed E-state index contributed by atoms with van der Waals surface area (Å²) < 4.78 is 6.22. The van der Waals surface area contributed by atoms with E-state index in [4.69, 9.17) is 9.40 Å². The molecule has 0 spiro atoms. The molecule has 0 saturated heterocycles. The van der Waals surface area contributed by atoms with E-state index >= 15 is 0 Å². The second-order valence-corrected chi connectivity index (χ2v) is 17.7. The lowest BCUT2D eigenvalue weighted by molar-refractivity contribution is 0.669. The van der Waals surface area contributed by atoms with Gasteiger partial charge in [-0.3, -0.25) is 15.0 Å². The Morgan fingerprint density at radius 2 is 0.866 bits per heavy atom. The van der Waals surface area contributed by atoms with Crippen LogP contribution in [0.25, 0.3) is 89.1 Å². The fourth-order valence-electron chi connectivity index (χ4n) is 9.28. The topological polar surface area (TPSA) is 51.8 Å². The number of aromatic nitrogens is 3. The fourth-order valence-corrected chi connectivity index (χ4v) is 9.28. The van der Waals surface area contributed by atoms with Crippen molar-refractivity contribution in [3.05, 3.63) is 246 Å². The second kappa shape index (κ2) is 18.3. The van der Waals surface area contributed by atoms with Gasteiger partial charge in [0.15, 0.2) is 0 Å². The zero-order chi connectivity index (χ0) is 45.1. The van der Waals surface area contributed by atoms with Gasteiger partial charge in [-0.05, 0) is 155 Å². The number of aryl methyl sites for hydroxylation is 6. The van der Waals surface area contributed by atoms with Crippen LogP contribution in [0.5, 0.6) is 0 Å². The maximum absolute atomic E-state index is 6.22. The van der Waals surface area contributed by atoms with E-state index in [2.05, 4.69) is 200 Å². The molecule has 0 amide bonds. The van der Waals surface area contributed by atoms with E-state index in [-0.39, 0.29) is 0 Å². The number of hydrogen-bond donors (Lipinski definition) is 0. The number of benzene rings is 7. The van der Waals surface area contributed by atoms with Crippen LogP contribution in [0.4, 0.5) is 0 Å². The molecule has 0 bridgehead atoms. The summed E-state index contributed by atoms with van der Waals surface area (Å²) in [6, 6.07) is 70.1. The molecule has 11 rings (SSSR count). The highest BCUT2D eigenvalue weighted by atomic mass is 16.3. The highest BCUT2D eigenvalue weighted by Crippen LogP contribution is 2.37. The van der Waals surface area contributed by atoms with E-state index in [1.165, 1.54) is 55.6 Å². The maximum Gasteiger partial charge on any atom is 0.136 e. The summed E-state index contributed by atoms with van der Waals surface area (Å²) in [5, 5.41) is 2.27. The van der Waals surface area contributed by atoms with Gasteiger partial charge in [0.2, 0.25) is 0 Å². The minimum absolute atomic E-state index is 0.890. The van der Waals surface area contributed by atoms with Crippen molar-refractivity contribution < 1.29 is 4.42 Å². The molecular weight excluding hydrogens is 815 g/mol. The standard InChI is InChI=1S/C63H49N3O/c1-42-31-33-64-60(35-42)50-22-18-45(19-23-50)13-15-47-36-46(14-12-44-16-20-49(21-17-44)59-30-11-43(2)41-66-59)37-54(38-47)56-8-4-3-7-55(56)48-24-26-51(27-25-48)61-39-53(32-34-65-61)52-28-29-58-57-9-5-6-10-62(57)67-63(58)40-52/h3-11,16-41H,12-15H2,1-2H3. The Hall–Kier alpha value is -8.21. The highest BCUT2D eigenvalue weighted by Gasteiger charge is 2.14. The lowest BCUT2D eigenvalue weighted by Crippen LogP contribution is -1.98. The van der Waals surface area contributed by atoms with Gasteiger partial charge in [-0.2, -0.15) is 0 Å². The third-order valence-electron chi connectivity index (χ3n) is 13.0.